The number of fused-ring (bicyclic) bond motifs is 1. The summed E-state index contributed by atoms with van der Waals surface area (Å²) in [6, 6.07) is 24.9. The van der Waals surface area contributed by atoms with E-state index in [-0.39, 0.29) is 12.5 Å². The number of aromatic nitrogens is 4. The molecule has 0 atom stereocenters. The van der Waals surface area contributed by atoms with Crippen LogP contribution in [0.15, 0.2) is 85.2 Å². The van der Waals surface area contributed by atoms with Crippen LogP contribution in [0.3, 0.4) is 0 Å². The summed E-state index contributed by atoms with van der Waals surface area (Å²) in [4.78, 5) is 18.3. The normalized spacial score (nSPS) is 11.7. The fraction of sp³-hybridized carbons (Fsp3) is 0.343. The van der Waals surface area contributed by atoms with Crippen LogP contribution in [0.5, 0.6) is 0 Å². The number of nitrogens with zero attached hydrogens (tertiary/aromatic N) is 4. The number of aliphatic hydroxyl groups excluding tert-OH is 1. The molecule has 44 heavy (non-hydrogen) atoms. The van der Waals surface area contributed by atoms with Crippen LogP contribution in [0.4, 0.5) is 5.95 Å². The van der Waals surface area contributed by atoms with Crippen molar-refractivity contribution < 1.29 is 14.6 Å². The number of aryl methyl sites for hydroxylation is 1. The molecule has 0 aliphatic rings. The lowest BCUT2D eigenvalue weighted by Gasteiger charge is -2.15. The molecule has 0 saturated carbocycles. The molecule has 8 nitrogen and oxygen atoms in total. The molecule has 5 aromatic rings. The van der Waals surface area contributed by atoms with Gasteiger partial charge in [-0.25, -0.2) is 9.67 Å². The molecule has 0 radical (unpaired) electrons. The maximum Gasteiger partial charge on any atom is 0.258 e. The van der Waals surface area contributed by atoms with Crippen molar-refractivity contribution in [3.8, 4) is 16.8 Å². The maximum absolute atomic E-state index is 13.5. The van der Waals surface area contributed by atoms with E-state index in [1.807, 2.05) is 76.2 Å². The van der Waals surface area contributed by atoms with Gasteiger partial charge < -0.3 is 9.84 Å². The SMILES string of the molecule is C[Si](C)(C)CCOCn1ncc2cc(-c3cccc(C(=O)Nc4nc(CCCCCCO)cn4-c4ccccc4)c3)ccc21. The number of nitrogens with one attached hydrogen (secondary N) is 1. The smallest absolute Gasteiger partial charge is 0.258 e. The Labute approximate surface area is 260 Å². The zero-order valence-electron chi connectivity index (χ0n) is 26.0. The zero-order chi connectivity index (χ0) is 30.9. The number of carbonyl (C=O) groups excluding carboxylic acids is 1. The summed E-state index contributed by atoms with van der Waals surface area (Å²) >= 11 is 0. The lowest BCUT2D eigenvalue weighted by Crippen LogP contribution is -2.22. The van der Waals surface area contributed by atoms with E-state index < -0.39 is 8.07 Å². The molecule has 0 aliphatic carbocycles. The summed E-state index contributed by atoms with van der Waals surface area (Å²) in [7, 11) is -1.13. The van der Waals surface area contributed by atoms with E-state index in [9.17, 15) is 4.79 Å². The number of rotatable bonds is 15. The lowest BCUT2D eigenvalue weighted by molar-refractivity contribution is 0.0817. The number of unbranched alkanes of at least 4 members (excludes halogenated alkanes) is 3. The third-order valence-corrected chi connectivity index (χ3v) is 9.37. The molecule has 0 bridgehead atoms. The van der Waals surface area contributed by atoms with Crippen molar-refractivity contribution in [2.24, 2.45) is 0 Å². The van der Waals surface area contributed by atoms with E-state index in [1.54, 1.807) is 0 Å². The van der Waals surface area contributed by atoms with E-state index in [0.717, 1.165) is 78.2 Å². The molecular formula is C35H43N5O3Si. The van der Waals surface area contributed by atoms with Crippen molar-refractivity contribution in [2.45, 2.75) is 64.5 Å². The molecule has 9 heteroatoms. The Balaban J connectivity index is 1.30. The highest BCUT2D eigenvalue weighted by molar-refractivity contribution is 6.76. The molecule has 0 unspecified atom stereocenters. The van der Waals surface area contributed by atoms with Gasteiger partial charge in [0.15, 0.2) is 0 Å². The van der Waals surface area contributed by atoms with Crippen LogP contribution in [-0.2, 0) is 17.9 Å². The van der Waals surface area contributed by atoms with Crippen LogP contribution in [0.25, 0.3) is 27.7 Å². The maximum atomic E-state index is 13.5. The number of hydrogen-bond acceptors (Lipinski definition) is 5. The third-order valence-electron chi connectivity index (χ3n) is 7.67. The van der Waals surface area contributed by atoms with Gasteiger partial charge in [-0.3, -0.25) is 14.7 Å². The van der Waals surface area contributed by atoms with Gasteiger partial charge in [0, 0.05) is 44.1 Å². The number of benzene rings is 3. The van der Waals surface area contributed by atoms with Gasteiger partial charge in [0.05, 0.1) is 17.4 Å². The average Bonchev–Trinajstić information content (AvgIpc) is 3.62. The Morgan fingerprint density at radius 2 is 1.73 bits per heavy atom. The molecule has 0 spiro atoms. The fourth-order valence-corrected chi connectivity index (χ4v) is 5.86. The predicted octanol–water partition coefficient (Wildman–Crippen LogP) is 7.55. The lowest BCUT2D eigenvalue weighted by atomic mass is 10.0. The van der Waals surface area contributed by atoms with Gasteiger partial charge in [0.2, 0.25) is 5.95 Å². The molecule has 0 saturated heterocycles. The van der Waals surface area contributed by atoms with Crippen molar-refractivity contribution in [1.29, 1.82) is 0 Å². The third kappa shape index (κ3) is 8.31. The minimum atomic E-state index is -1.13. The van der Waals surface area contributed by atoms with Gasteiger partial charge >= 0.3 is 0 Å². The summed E-state index contributed by atoms with van der Waals surface area (Å²) in [6.45, 7) is 8.46. The van der Waals surface area contributed by atoms with Crippen LogP contribution in [0.2, 0.25) is 25.7 Å². The first-order valence-corrected chi connectivity index (χ1v) is 19.2. The minimum Gasteiger partial charge on any atom is -0.396 e. The number of ether oxygens (including phenoxy) is 1. The van der Waals surface area contributed by atoms with Gasteiger partial charge in [-0.15, -0.1) is 0 Å². The zero-order valence-corrected chi connectivity index (χ0v) is 27.0. The van der Waals surface area contributed by atoms with Crippen molar-refractivity contribution in [3.05, 3.63) is 96.4 Å². The van der Waals surface area contributed by atoms with Crippen molar-refractivity contribution in [2.75, 3.05) is 18.5 Å². The van der Waals surface area contributed by atoms with E-state index in [1.165, 1.54) is 0 Å². The first-order chi connectivity index (χ1) is 21.3. The first kappa shape index (κ1) is 31.4. The van der Waals surface area contributed by atoms with E-state index >= 15 is 0 Å². The predicted molar refractivity (Wildman–Crippen MR) is 180 cm³/mol. The molecular weight excluding hydrogens is 567 g/mol. The number of carbonyl (C=O) groups is 1. The molecule has 2 heterocycles. The van der Waals surface area contributed by atoms with Crippen molar-refractivity contribution >= 4 is 30.8 Å². The van der Waals surface area contributed by atoms with Gasteiger partial charge in [0.25, 0.3) is 5.91 Å². The minimum absolute atomic E-state index is 0.214. The van der Waals surface area contributed by atoms with E-state index in [4.69, 9.17) is 14.8 Å². The Kier molecular flexibility index (Phi) is 10.4. The van der Waals surface area contributed by atoms with Crippen molar-refractivity contribution in [1.82, 2.24) is 19.3 Å². The number of hydrogen-bond donors (Lipinski definition) is 2. The van der Waals surface area contributed by atoms with Crippen LogP contribution in [0, 0.1) is 0 Å². The molecule has 2 aromatic heterocycles. The monoisotopic (exact) mass is 609 g/mol. The van der Waals surface area contributed by atoms with Crippen molar-refractivity contribution in [3.63, 3.8) is 0 Å². The Hall–Kier alpha value is -4.05. The molecule has 5 rings (SSSR count). The standard InChI is InChI=1S/C35H43N5O3Si/c1-44(2,3)21-20-43-26-40-33-18-17-28(23-30(33)24-36-40)27-12-11-13-29(22-27)34(42)38-35-37-31(14-7-4-5-10-19-41)25-39(35)32-15-8-6-9-16-32/h6,8-9,11-13,15-18,22-25,41H,4-5,7,10,14,19-21,26H2,1-3H3,(H,37,38,42). The van der Waals surface area contributed by atoms with Gasteiger partial charge in [-0.2, -0.15) is 5.10 Å². The largest absolute Gasteiger partial charge is 0.396 e. The quantitative estimate of drug-likeness (QED) is 0.0944. The van der Waals surface area contributed by atoms with Crippen LogP contribution >= 0.6 is 0 Å². The summed E-state index contributed by atoms with van der Waals surface area (Å²) in [5, 5.41) is 17.7. The van der Waals surface area contributed by atoms with Crippen LogP contribution in [0.1, 0.15) is 41.7 Å². The number of aliphatic hydroxyl groups is 1. The molecule has 2 N–H and O–H groups in total. The average molecular weight is 610 g/mol. The fourth-order valence-electron chi connectivity index (χ4n) is 5.11. The van der Waals surface area contributed by atoms with Gasteiger partial charge in [0.1, 0.15) is 6.73 Å². The molecule has 3 aromatic carbocycles. The number of para-hydroxylation sites is 1. The Morgan fingerprint density at radius 3 is 2.52 bits per heavy atom. The first-order valence-electron chi connectivity index (χ1n) is 15.5. The molecule has 1 amide bonds. The number of amides is 1. The highest BCUT2D eigenvalue weighted by Crippen LogP contribution is 2.26. The second-order valence-electron chi connectivity index (χ2n) is 12.4. The summed E-state index contributed by atoms with van der Waals surface area (Å²) in [6.07, 6.45) is 8.52. The Bertz CT molecular complexity index is 1670. The Morgan fingerprint density at radius 1 is 0.932 bits per heavy atom. The van der Waals surface area contributed by atoms with Crippen LogP contribution < -0.4 is 5.32 Å². The summed E-state index contributed by atoms with van der Waals surface area (Å²) in [5.41, 5.74) is 5.41. The summed E-state index contributed by atoms with van der Waals surface area (Å²) < 4.78 is 9.74. The number of anilines is 1. The van der Waals surface area contributed by atoms with Crippen LogP contribution in [-0.4, -0.2) is 51.6 Å². The van der Waals surface area contributed by atoms with Gasteiger partial charge in [-0.1, -0.05) is 68.9 Å². The molecule has 230 valence electrons. The second-order valence-corrected chi connectivity index (χ2v) is 18.1. The van der Waals surface area contributed by atoms with Gasteiger partial charge in [-0.05, 0) is 72.8 Å². The topological polar surface area (TPSA) is 94.2 Å². The number of imidazole rings is 1. The molecule has 0 fully saturated rings. The molecule has 0 aliphatic heterocycles. The van der Waals surface area contributed by atoms with E-state index in [0.29, 0.717) is 18.2 Å². The summed E-state index contributed by atoms with van der Waals surface area (Å²) in [5.74, 6) is 0.284. The second kappa shape index (κ2) is 14.6. The highest BCUT2D eigenvalue weighted by atomic mass is 28.3. The van der Waals surface area contributed by atoms with E-state index in [2.05, 4.69) is 48.3 Å². The highest BCUT2D eigenvalue weighted by Gasteiger charge is 2.16.